The molecule has 1 aromatic heterocycles. The van der Waals surface area contributed by atoms with Crippen LogP contribution in [0.1, 0.15) is 38.1 Å². The fourth-order valence-corrected chi connectivity index (χ4v) is 2.55. The van der Waals surface area contributed by atoms with Crippen LogP contribution in [0.15, 0.2) is 11.6 Å². The summed E-state index contributed by atoms with van der Waals surface area (Å²) in [4.78, 5) is 15.8. The number of thiazole rings is 1. The molecular formula is C12H19NO3S. The summed E-state index contributed by atoms with van der Waals surface area (Å²) in [6.45, 7) is 3.68. The first-order valence-electron chi connectivity index (χ1n) is 5.74. The average molecular weight is 257 g/mol. The molecule has 1 N–H and O–H groups in total. The lowest BCUT2D eigenvalue weighted by molar-refractivity contribution is -0.156. The number of carbonyl (C=O) groups excluding carboxylic acids is 1. The predicted molar refractivity (Wildman–Crippen MR) is 66.7 cm³/mol. The Morgan fingerprint density at radius 1 is 1.71 bits per heavy atom. The molecule has 2 atom stereocenters. The maximum atomic E-state index is 11.8. The van der Waals surface area contributed by atoms with Crippen LogP contribution in [0.3, 0.4) is 0 Å². The molecule has 0 aromatic carbocycles. The second kappa shape index (κ2) is 6.12. The Morgan fingerprint density at radius 3 is 2.88 bits per heavy atom. The van der Waals surface area contributed by atoms with Gasteiger partial charge in [-0.25, -0.2) is 4.98 Å². The summed E-state index contributed by atoms with van der Waals surface area (Å²) < 4.78 is 4.77. The molecule has 1 heterocycles. The Labute approximate surface area is 106 Å². The minimum atomic E-state index is -1.25. The van der Waals surface area contributed by atoms with E-state index in [0.717, 1.165) is 12.8 Å². The number of methoxy groups -OCH3 is 1. The fraction of sp³-hybridized carbons (Fsp3) is 0.667. The number of esters is 1. The van der Waals surface area contributed by atoms with Crippen LogP contribution in [-0.4, -0.2) is 23.2 Å². The van der Waals surface area contributed by atoms with Crippen molar-refractivity contribution in [3.05, 3.63) is 16.6 Å². The number of ether oxygens (including phenoxy) is 1. The lowest BCUT2D eigenvalue weighted by Gasteiger charge is -2.29. The zero-order valence-electron chi connectivity index (χ0n) is 10.5. The van der Waals surface area contributed by atoms with E-state index in [0.29, 0.717) is 11.4 Å². The van der Waals surface area contributed by atoms with Crippen molar-refractivity contribution in [2.24, 2.45) is 5.92 Å². The van der Waals surface area contributed by atoms with Gasteiger partial charge < -0.3 is 9.84 Å². The van der Waals surface area contributed by atoms with Crippen molar-refractivity contribution in [3.63, 3.8) is 0 Å². The minimum absolute atomic E-state index is 0.376. The smallest absolute Gasteiger partial charge is 0.312 e. The standard InChI is InChI=1S/C12H19NO3S/c1-4-5-6-9(10(14)16-3)12(2,15)11-13-7-8-17-11/h7-9,15H,4-6H2,1-3H3. The van der Waals surface area contributed by atoms with E-state index < -0.39 is 11.5 Å². The molecule has 0 amide bonds. The Kier molecular flexibility index (Phi) is 5.08. The van der Waals surface area contributed by atoms with Crippen LogP contribution in [0, 0.1) is 5.92 Å². The molecular weight excluding hydrogens is 238 g/mol. The summed E-state index contributed by atoms with van der Waals surface area (Å²) in [5.74, 6) is -0.933. The highest BCUT2D eigenvalue weighted by Crippen LogP contribution is 2.34. The van der Waals surface area contributed by atoms with E-state index in [1.165, 1.54) is 18.4 Å². The van der Waals surface area contributed by atoms with Crippen molar-refractivity contribution >= 4 is 17.3 Å². The number of hydrogen-bond donors (Lipinski definition) is 1. The lowest BCUT2D eigenvalue weighted by Crippen LogP contribution is -2.38. The van der Waals surface area contributed by atoms with Crippen molar-refractivity contribution in [2.75, 3.05) is 7.11 Å². The first-order valence-corrected chi connectivity index (χ1v) is 6.62. The number of aliphatic hydroxyl groups is 1. The molecule has 0 radical (unpaired) electrons. The van der Waals surface area contributed by atoms with E-state index in [9.17, 15) is 9.90 Å². The van der Waals surface area contributed by atoms with Gasteiger partial charge in [0.05, 0.1) is 13.0 Å². The van der Waals surface area contributed by atoms with Gasteiger partial charge in [-0.1, -0.05) is 19.8 Å². The van der Waals surface area contributed by atoms with Gasteiger partial charge in [0.25, 0.3) is 0 Å². The molecule has 0 saturated heterocycles. The highest BCUT2D eigenvalue weighted by molar-refractivity contribution is 7.09. The predicted octanol–water partition coefficient (Wildman–Crippen LogP) is 2.33. The van der Waals surface area contributed by atoms with Gasteiger partial charge in [0.15, 0.2) is 0 Å². The maximum Gasteiger partial charge on any atom is 0.312 e. The first-order chi connectivity index (χ1) is 8.04. The summed E-state index contributed by atoms with van der Waals surface area (Å²) in [6, 6.07) is 0. The quantitative estimate of drug-likeness (QED) is 0.795. The first kappa shape index (κ1) is 14.1. The number of carbonyl (C=O) groups is 1. The molecule has 5 heteroatoms. The number of nitrogens with zero attached hydrogens (tertiary/aromatic N) is 1. The third-order valence-electron chi connectivity index (χ3n) is 2.88. The molecule has 0 spiro atoms. The molecule has 0 saturated carbocycles. The van der Waals surface area contributed by atoms with Gasteiger partial charge in [-0.15, -0.1) is 11.3 Å². The van der Waals surface area contributed by atoms with Crippen LogP contribution in [0.5, 0.6) is 0 Å². The average Bonchev–Trinajstić information content (AvgIpc) is 2.83. The lowest BCUT2D eigenvalue weighted by atomic mass is 9.85. The van der Waals surface area contributed by atoms with Crippen LogP contribution in [-0.2, 0) is 15.1 Å². The Bertz CT molecular complexity index is 349. The highest BCUT2D eigenvalue weighted by Gasteiger charge is 2.41. The van der Waals surface area contributed by atoms with Gasteiger partial charge in [-0.3, -0.25) is 4.79 Å². The summed E-state index contributed by atoms with van der Waals surface area (Å²) in [5, 5.41) is 12.9. The maximum absolute atomic E-state index is 11.8. The molecule has 1 rings (SSSR count). The van der Waals surface area contributed by atoms with E-state index in [1.54, 1.807) is 18.5 Å². The summed E-state index contributed by atoms with van der Waals surface area (Å²) >= 11 is 1.35. The van der Waals surface area contributed by atoms with Gasteiger partial charge in [0.1, 0.15) is 10.6 Å². The number of rotatable bonds is 6. The molecule has 1 aromatic rings. The molecule has 0 aliphatic rings. The second-order valence-electron chi connectivity index (χ2n) is 4.20. The third-order valence-corrected chi connectivity index (χ3v) is 3.88. The second-order valence-corrected chi connectivity index (χ2v) is 5.10. The topological polar surface area (TPSA) is 59.4 Å². The monoisotopic (exact) mass is 257 g/mol. The number of unbranched alkanes of at least 4 members (excludes halogenated alkanes) is 1. The van der Waals surface area contributed by atoms with Gasteiger partial charge >= 0.3 is 5.97 Å². The zero-order chi connectivity index (χ0) is 12.9. The zero-order valence-corrected chi connectivity index (χ0v) is 11.3. The van der Waals surface area contributed by atoms with Gasteiger partial charge in [-0.05, 0) is 13.3 Å². The normalized spacial score (nSPS) is 16.2. The summed E-state index contributed by atoms with van der Waals surface area (Å²) in [6.07, 6.45) is 4.08. The van der Waals surface area contributed by atoms with E-state index in [-0.39, 0.29) is 5.97 Å². The van der Waals surface area contributed by atoms with Crippen LogP contribution >= 0.6 is 11.3 Å². The van der Waals surface area contributed by atoms with Crippen molar-refractivity contribution in [3.8, 4) is 0 Å². The molecule has 0 bridgehead atoms. The van der Waals surface area contributed by atoms with Crippen LogP contribution in [0.4, 0.5) is 0 Å². The van der Waals surface area contributed by atoms with Crippen molar-refractivity contribution < 1.29 is 14.6 Å². The van der Waals surface area contributed by atoms with Crippen LogP contribution < -0.4 is 0 Å². The van der Waals surface area contributed by atoms with E-state index in [4.69, 9.17) is 4.74 Å². The van der Waals surface area contributed by atoms with Gasteiger partial charge in [0.2, 0.25) is 0 Å². The molecule has 2 unspecified atom stereocenters. The SMILES string of the molecule is CCCCC(C(=O)OC)C(C)(O)c1nccs1. The number of hydrogen-bond acceptors (Lipinski definition) is 5. The molecule has 0 fully saturated rings. The molecule has 96 valence electrons. The molecule has 0 aliphatic heterocycles. The highest BCUT2D eigenvalue weighted by atomic mass is 32.1. The number of aromatic nitrogens is 1. The molecule has 17 heavy (non-hydrogen) atoms. The Hall–Kier alpha value is -0.940. The fourth-order valence-electron chi connectivity index (χ4n) is 1.80. The van der Waals surface area contributed by atoms with E-state index in [1.807, 2.05) is 6.92 Å². The summed E-state index contributed by atoms with van der Waals surface area (Å²) in [5.41, 5.74) is -1.25. The Balaban J connectivity index is 2.91. The minimum Gasteiger partial charge on any atom is -0.469 e. The molecule has 0 aliphatic carbocycles. The van der Waals surface area contributed by atoms with E-state index >= 15 is 0 Å². The van der Waals surface area contributed by atoms with Crippen molar-refractivity contribution in [2.45, 2.75) is 38.7 Å². The van der Waals surface area contributed by atoms with Crippen molar-refractivity contribution in [1.82, 2.24) is 4.98 Å². The van der Waals surface area contributed by atoms with E-state index in [2.05, 4.69) is 4.98 Å². The molecule has 4 nitrogen and oxygen atoms in total. The van der Waals surface area contributed by atoms with Gasteiger partial charge in [0, 0.05) is 11.6 Å². The largest absolute Gasteiger partial charge is 0.469 e. The van der Waals surface area contributed by atoms with Gasteiger partial charge in [-0.2, -0.15) is 0 Å². The third kappa shape index (κ3) is 3.26. The van der Waals surface area contributed by atoms with Crippen LogP contribution in [0.2, 0.25) is 0 Å². The van der Waals surface area contributed by atoms with Crippen LogP contribution in [0.25, 0.3) is 0 Å². The summed E-state index contributed by atoms with van der Waals surface area (Å²) in [7, 11) is 1.35. The van der Waals surface area contributed by atoms with Crippen molar-refractivity contribution in [1.29, 1.82) is 0 Å². The Morgan fingerprint density at radius 2 is 2.41 bits per heavy atom.